The first kappa shape index (κ1) is 18.4. The number of fused-ring (bicyclic) bond motifs is 1. The fourth-order valence-electron chi connectivity index (χ4n) is 3.75. The Balaban J connectivity index is 2.04. The van der Waals surface area contributed by atoms with Crippen molar-refractivity contribution >= 4 is 28.9 Å². The molecule has 0 spiro atoms. The molecule has 2 atom stereocenters. The summed E-state index contributed by atoms with van der Waals surface area (Å²) in [5.74, 6) is -0.226. The second kappa shape index (κ2) is 7.48. The third-order valence-corrected chi connectivity index (χ3v) is 6.69. The Morgan fingerprint density at radius 3 is 2.80 bits per heavy atom. The van der Waals surface area contributed by atoms with Crippen LogP contribution in [0.3, 0.4) is 0 Å². The first-order chi connectivity index (χ1) is 12.0. The molecule has 0 N–H and O–H groups in total. The fourth-order valence-corrected chi connectivity index (χ4v) is 5.25. The van der Waals surface area contributed by atoms with Crippen LogP contribution in [-0.2, 0) is 16.0 Å². The van der Waals surface area contributed by atoms with Gasteiger partial charge in [0.15, 0.2) is 0 Å². The van der Waals surface area contributed by atoms with Crippen LogP contribution < -0.4 is 0 Å². The minimum absolute atomic E-state index is 0.152. The summed E-state index contributed by atoms with van der Waals surface area (Å²) < 4.78 is 5.40. The van der Waals surface area contributed by atoms with E-state index in [-0.39, 0.29) is 12.0 Å². The maximum absolute atomic E-state index is 12.8. The summed E-state index contributed by atoms with van der Waals surface area (Å²) in [5, 5.41) is 0.608. The zero-order chi connectivity index (χ0) is 18.1. The van der Waals surface area contributed by atoms with Gasteiger partial charge in [0.2, 0.25) is 0 Å². The molecule has 0 fully saturated rings. The van der Waals surface area contributed by atoms with Crippen molar-refractivity contribution in [2.45, 2.75) is 46.2 Å². The van der Waals surface area contributed by atoms with E-state index in [2.05, 4.69) is 25.7 Å². The van der Waals surface area contributed by atoms with Crippen LogP contribution in [0.15, 0.2) is 24.3 Å². The molecule has 2 aromatic rings. The predicted octanol–water partition coefficient (Wildman–Crippen LogP) is 5.24. The van der Waals surface area contributed by atoms with Crippen molar-refractivity contribution in [3.8, 4) is 0 Å². The number of aryl methyl sites for hydroxylation is 1. The van der Waals surface area contributed by atoms with Crippen LogP contribution in [0.4, 0.5) is 0 Å². The maximum Gasteiger partial charge on any atom is 0.328 e. The molecule has 25 heavy (non-hydrogen) atoms. The first-order valence-electron chi connectivity index (χ1n) is 8.71. The molecular formula is C20H24ClNO2S. The number of thiophene rings is 1. The van der Waals surface area contributed by atoms with Crippen LogP contribution in [0.25, 0.3) is 0 Å². The quantitative estimate of drug-likeness (QED) is 0.682. The van der Waals surface area contributed by atoms with Crippen molar-refractivity contribution in [3.05, 3.63) is 55.7 Å². The summed E-state index contributed by atoms with van der Waals surface area (Å²) in [6.45, 7) is 9.56. The number of ether oxygens (including phenoxy) is 1. The minimum Gasteiger partial charge on any atom is -0.465 e. The van der Waals surface area contributed by atoms with Gasteiger partial charge in [-0.15, -0.1) is 11.3 Å². The lowest BCUT2D eigenvalue weighted by atomic mass is 9.93. The molecule has 3 rings (SSSR count). The minimum atomic E-state index is -0.476. The molecule has 3 nitrogen and oxygen atoms in total. The van der Waals surface area contributed by atoms with Crippen molar-refractivity contribution in [1.29, 1.82) is 0 Å². The Morgan fingerprint density at radius 1 is 1.40 bits per heavy atom. The van der Waals surface area contributed by atoms with Crippen LogP contribution in [0.5, 0.6) is 0 Å². The van der Waals surface area contributed by atoms with Gasteiger partial charge in [-0.25, -0.2) is 4.79 Å². The summed E-state index contributed by atoms with van der Waals surface area (Å²) in [5.41, 5.74) is 3.54. The van der Waals surface area contributed by atoms with E-state index in [0.29, 0.717) is 11.6 Å². The number of carbonyl (C=O) groups is 1. The van der Waals surface area contributed by atoms with Crippen molar-refractivity contribution in [2.75, 3.05) is 13.2 Å². The van der Waals surface area contributed by atoms with Crippen LogP contribution in [-0.4, -0.2) is 24.0 Å². The van der Waals surface area contributed by atoms with E-state index >= 15 is 0 Å². The lowest BCUT2D eigenvalue weighted by molar-refractivity contribution is -0.151. The van der Waals surface area contributed by atoms with Gasteiger partial charge in [-0.1, -0.05) is 29.8 Å². The molecule has 0 amide bonds. The maximum atomic E-state index is 12.8. The summed E-state index contributed by atoms with van der Waals surface area (Å²) in [7, 11) is 0. The van der Waals surface area contributed by atoms with E-state index < -0.39 is 6.04 Å². The number of nitrogens with zero attached hydrogens (tertiary/aromatic N) is 1. The van der Waals surface area contributed by atoms with Gasteiger partial charge >= 0.3 is 5.97 Å². The second-order valence-electron chi connectivity index (χ2n) is 6.46. The van der Waals surface area contributed by atoms with Gasteiger partial charge in [-0.05, 0) is 56.9 Å². The number of rotatable bonds is 4. The predicted molar refractivity (Wildman–Crippen MR) is 103 cm³/mol. The molecule has 0 saturated heterocycles. The number of benzene rings is 1. The number of halogens is 1. The second-order valence-corrected chi connectivity index (χ2v) is 8.18. The molecule has 0 saturated carbocycles. The van der Waals surface area contributed by atoms with Gasteiger partial charge in [0.1, 0.15) is 6.04 Å². The molecule has 0 radical (unpaired) electrons. The highest BCUT2D eigenvalue weighted by Crippen LogP contribution is 2.43. The molecule has 1 aromatic heterocycles. The van der Waals surface area contributed by atoms with Gasteiger partial charge in [-0.3, -0.25) is 4.90 Å². The highest BCUT2D eigenvalue weighted by Gasteiger charge is 2.38. The van der Waals surface area contributed by atoms with Gasteiger partial charge < -0.3 is 4.74 Å². The summed E-state index contributed by atoms with van der Waals surface area (Å²) in [4.78, 5) is 17.9. The Morgan fingerprint density at radius 2 is 2.12 bits per heavy atom. The van der Waals surface area contributed by atoms with E-state index in [1.165, 1.54) is 20.9 Å². The Bertz CT molecular complexity index is 786. The van der Waals surface area contributed by atoms with E-state index in [9.17, 15) is 4.79 Å². The molecule has 134 valence electrons. The highest BCUT2D eigenvalue weighted by molar-refractivity contribution is 7.12. The molecule has 5 heteroatoms. The Hall–Kier alpha value is -1.36. The van der Waals surface area contributed by atoms with Crippen molar-refractivity contribution in [2.24, 2.45) is 0 Å². The normalized spacial score (nSPS) is 18.7. The van der Waals surface area contributed by atoms with E-state index in [1.54, 1.807) is 0 Å². The fraction of sp³-hybridized carbons (Fsp3) is 0.450. The lowest BCUT2D eigenvalue weighted by Gasteiger charge is -2.39. The van der Waals surface area contributed by atoms with E-state index in [0.717, 1.165) is 18.5 Å². The monoisotopic (exact) mass is 377 g/mol. The number of hydrogen-bond donors (Lipinski definition) is 0. The van der Waals surface area contributed by atoms with Crippen molar-refractivity contribution < 1.29 is 9.53 Å². The van der Waals surface area contributed by atoms with E-state index in [1.807, 2.05) is 42.5 Å². The zero-order valence-corrected chi connectivity index (χ0v) is 16.7. The zero-order valence-electron chi connectivity index (χ0n) is 15.1. The first-order valence-corrected chi connectivity index (χ1v) is 9.90. The molecule has 1 aliphatic heterocycles. The average Bonchev–Trinajstić information content (AvgIpc) is 2.87. The molecule has 1 aromatic carbocycles. The summed E-state index contributed by atoms with van der Waals surface area (Å²) in [6, 6.07) is 7.25. The molecule has 0 bridgehead atoms. The smallest absolute Gasteiger partial charge is 0.328 e. The molecule has 1 unspecified atom stereocenters. The highest BCUT2D eigenvalue weighted by atomic mass is 35.5. The number of esters is 1. The molecule has 2 heterocycles. The lowest BCUT2D eigenvalue weighted by Crippen LogP contribution is -2.41. The Kier molecular flexibility index (Phi) is 5.52. The van der Waals surface area contributed by atoms with Crippen LogP contribution in [0.2, 0.25) is 5.02 Å². The molecule has 0 aliphatic carbocycles. The SMILES string of the molecule is CCOC(=O)[C@H](c1ccccc1Cl)N1CCc2sc(C)c(C)c2C1C. The van der Waals surface area contributed by atoms with Gasteiger partial charge in [0.05, 0.1) is 6.61 Å². The van der Waals surface area contributed by atoms with Gasteiger partial charge in [0.25, 0.3) is 0 Å². The summed E-state index contributed by atoms with van der Waals surface area (Å²) >= 11 is 8.32. The van der Waals surface area contributed by atoms with Gasteiger partial charge in [0, 0.05) is 27.4 Å². The van der Waals surface area contributed by atoms with Crippen LogP contribution in [0, 0.1) is 13.8 Å². The third-order valence-electron chi connectivity index (χ3n) is 5.06. The van der Waals surface area contributed by atoms with Crippen LogP contribution >= 0.6 is 22.9 Å². The average molecular weight is 378 g/mol. The standard InChI is InChI=1S/C20H24ClNO2S/c1-5-24-20(23)19(15-8-6-7-9-16(15)21)22-11-10-17-18(13(22)3)12(2)14(4)25-17/h6-9,13,19H,5,10-11H2,1-4H3/t13?,19-/m0/s1. The Labute approximate surface area is 158 Å². The topological polar surface area (TPSA) is 29.5 Å². The van der Waals surface area contributed by atoms with Crippen molar-refractivity contribution in [3.63, 3.8) is 0 Å². The largest absolute Gasteiger partial charge is 0.465 e. The number of hydrogen-bond acceptors (Lipinski definition) is 4. The van der Waals surface area contributed by atoms with Gasteiger partial charge in [-0.2, -0.15) is 0 Å². The van der Waals surface area contributed by atoms with Crippen LogP contribution in [0.1, 0.15) is 52.4 Å². The number of carbonyl (C=O) groups excluding carboxylic acids is 1. The molecule has 1 aliphatic rings. The van der Waals surface area contributed by atoms with E-state index in [4.69, 9.17) is 16.3 Å². The summed E-state index contributed by atoms with van der Waals surface area (Å²) in [6.07, 6.45) is 0.958. The van der Waals surface area contributed by atoms with Crippen molar-refractivity contribution in [1.82, 2.24) is 4.90 Å². The third kappa shape index (κ3) is 3.35. The molecular weight excluding hydrogens is 354 g/mol.